The van der Waals surface area contributed by atoms with E-state index in [4.69, 9.17) is 26.2 Å². The zero-order chi connectivity index (χ0) is 62.7. The average molecular weight is 1210 g/mol. The molecule has 17 heteroatoms. The summed E-state index contributed by atoms with van der Waals surface area (Å²) in [5, 5.41) is 10.1. The molecule has 6 aromatic rings. The number of amides is 2. The molecule has 0 bridgehead atoms. The molecule has 0 saturated carbocycles. The molecule has 3 saturated heterocycles. The third kappa shape index (κ3) is 24.4. The molecule has 3 aliphatic rings. The van der Waals surface area contributed by atoms with Gasteiger partial charge in [0, 0.05) is 65.0 Å². The minimum absolute atomic E-state index is 0.0457. The van der Waals surface area contributed by atoms with E-state index in [2.05, 4.69) is 51.1 Å². The summed E-state index contributed by atoms with van der Waals surface area (Å²) in [6, 6.07) is 37.0. The third-order valence-corrected chi connectivity index (χ3v) is 15.6. The van der Waals surface area contributed by atoms with Crippen LogP contribution in [0, 0.1) is 35.2 Å². The molecule has 3 aliphatic heterocycles. The molecule has 3 aromatic heterocycles. The summed E-state index contributed by atoms with van der Waals surface area (Å²) in [6.07, 6.45) is 14.0. The van der Waals surface area contributed by atoms with Crippen LogP contribution in [0.3, 0.4) is 0 Å². The predicted octanol–water partition coefficient (Wildman–Crippen LogP) is 14.7. The average Bonchev–Trinajstić information content (AvgIpc) is 3.28. The van der Waals surface area contributed by atoms with Crippen LogP contribution in [0.4, 0.5) is 22.8 Å². The van der Waals surface area contributed by atoms with Gasteiger partial charge in [0.25, 0.3) is 0 Å². The SMILES string of the molecule is CCCC1CCN(C(=O)OC(C)(C)C)CC1.CN(CC1CCN(C(=O)OC(C)(C)C)CC1)C(c1ccc(F)cc1)c1ccccn1.CN(CC1CCNCC1)C(c1ccc(F)cc1)c1ccccn1.CO.Fc1ccc(C(Cl)c2ccccn2)cc1. The number of ether oxygens (including phenoxy) is 2. The van der Waals surface area contributed by atoms with Gasteiger partial charge in [-0.1, -0.05) is 74.4 Å². The van der Waals surface area contributed by atoms with E-state index >= 15 is 0 Å². The molecule has 468 valence electrons. The molecule has 6 heterocycles. The Morgan fingerprint density at radius 1 is 0.547 bits per heavy atom. The molecular formula is C69H94ClF3N8O5. The molecule has 3 fully saturated rings. The van der Waals surface area contributed by atoms with Crippen molar-refractivity contribution in [1.82, 2.24) is 39.9 Å². The van der Waals surface area contributed by atoms with Crippen molar-refractivity contribution in [3.8, 4) is 0 Å². The standard InChI is InChI=1S/C24H32FN3O2.C19H24FN3.C13H25NO2.C12H9ClFN.CH4O/c1-24(2,3)30-23(29)28-15-12-18(13-16-28)17-27(4)22(21-7-5-6-14-26-21)19-8-10-20(25)11-9-19;1-23(14-15-9-12-21-13-10-15)19(18-4-2-3-11-22-18)16-5-7-17(20)8-6-16;1-5-6-11-7-9-14(10-8-11)12(15)16-13(2,3)4;13-12(11-3-1-2-8-15-11)9-4-6-10(14)7-5-9;1-2/h5-11,14,18,22H,12-13,15-17H2,1-4H3;2-8,11,15,19,21H,9-10,12-14H2,1H3;11H,5-10H2,1-4H3;1-8,12H;2H,1H3. The Bertz CT molecular complexity index is 2810. The molecule has 13 nitrogen and oxygen atoms in total. The molecule has 2 N–H and O–H groups in total. The first-order valence-electron chi connectivity index (χ1n) is 30.3. The molecule has 2 amide bonds. The second kappa shape index (κ2) is 36.0. The monoisotopic (exact) mass is 1210 g/mol. The van der Waals surface area contributed by atoms with Gasteiger partial charge in [0.1, 0.15) is 34.0 Å². The second-order valence-electron chi connectivity index (χ2n) is 24.3. The van der Waals surface area contributed by atoms with Crippen LogP contribution in [-0.4, -0.2) is 137 Å². The van der Waals surface area contributed by atoms with Gasteiger partial charge in [0.05, 0.1) is 29.2 Å². The van der Waals surface area contributed by atoms with Crippen molar-refractivity contribution in [3.05, 3.63) is 197 Å². The van der Waals surface area contributed by atoms with Gasteiger partial charge in [-0.3, -0.25) is 24.8 Å². The number of alkyl halides is 1. The van der Waals surface area contributed by atoms with Gasteiger partial charge in [-0.25, -0.2) is 22.8 Å². The third-order valence-electron chi connectivity index (χ3n) is 15.1. The predicted molar refractivity (Wildman–Crippen MR) is 338 cm³/mol. The van der Waals surface area contributed by atoms with E-state index in [1.165, 1.54) is 62.1 Å². The van der Waals surface area contributed by atoms with E-state index in [0.29, 0.717) is 24.9 Å². The van der Waals surface area contributed by atoms with Gasteiger partial charge in [-0.15, -0.1) is 11.6 Å². The fraction of sp³-hybridized carbons (Fsp3) is 0.493. The van der Waals surface area contributed by atoms with Gasteiger partial charge < -0.3 is 29.7 Å². The molecule has 9 rings (SSSR count). The maximum atomic E-state index is 13.5. The minimum Gasteiger partial charge on any atom is -0.444 e. The van der Waals surface area contributed by atoms with Crippen molar-refractivity contribution in [1.29, 1.82) is 0 Å². The normalized spacial score (nSPS) is 16.1. The fourth-order valence-corrected chi connectivity index (χ4v) is 11.1. The number of halogens is 4. The number of aliphatic hydroxyl groups excluding tert-OH is 1. The number of hydrogen-bond donors (Lipinski definition) is 2. The van der Waals surface area contributed by atoms with Gasteiger partial charge in [0.15, 0.2) is 0 Å². The zero-order valence-electron chi connectivity index (χ0n) is 52.4. The maximum Gasteiger partial charge on any atom is 0.410 e. The van der Waals surface area contributed by atoms with Crippen LogP contribution in [0.25, 0.3) is 0 Å². The van der Waals surface area contributed by atoms with E-state index in [1.54, 1.807) is 29.4 Å². The lowest BCUT2D eigenvalue weighted by molar-refractivity contribution is 0.0163. The van der Waals surface area contributed by atoms with Gasteiger partial charge in [0.2, 0.25) is 0 Å². The van der Waals surface area contributed by atoms with Crippen LogP contribution in [0.15, 0.2) is 146 Å². The number of piperidine rings is 3. The Morgan fingerprint density at radius 3 is 1.22 bits per heavy atom. The first kappa shape index (κ1) is 70.3. The number of carbonyl (C=O) groups is 2. The highest BCUT2D eigenvalue weighted by Crippen LogP contribution is 2.32. The lowest BCUT2D eigenvalue weighted by Crippen LogP contribution is -2.43. The lowest BCUT2D eigenvalue weighted by Gasteiger charge is -2.36. The van der Waals surface area contributed by atoms with Crippen molar-refractivity contribution >= 4 is 23.8 Å². The topological polar surface area (TPSA) is 136 Å². The second-order valence-corrected chi connectivity index (χ2v) is 24.7. The number of hydrogen-bond acceptors (Lipinski definition) is 11. The van der Waals surface area contributed by atoms with E-state index in [-0.39, 0.29) is 52.7 Å². The summed E-state index contributed by atoms with van der Waals surface area (Å²) in [5.41, 5.74) is 4.82. The molecule has 0 spiro atoms. The maximum absolute atomic E-state index is 13.5. The molecular weight excluding hydrogens is 1110 g/mol. The summed E-state index contributed by atoms with van der Waals surface area (Å²) in [6.45, 7) is 20.9. The van der Waals surface area contributed by atoms with Crippen molar-refractivity contribution < 1.29 is 37.3 Å². The molecule has 0 radical (unpaired) electrons. The molecule has 3 unspecified atom stereocenters. The minimum atomic E-state index is -0.473. The number of aromatic nitrogens is 3. The Balaban J connectivity index is 0.000000215. The van der Waals surface area contributed by atoms with E-state index in [1.807, 2.05) is 132 Å². The van der Waals surface area contributed by atoms with Crippen LogP contribution in [0.5, 0.6) is 0 Å². The van der Waals surface area contributed by atoms with E-state index in [9.17, 15) is 22.8 Å². The van der Waals surface area contributed by atoms with Crippen LogP contribution < -0.4 is 5.32 Å². The Hall–Kier alpha value is -6.43. The van der Waals surface area contributed by atoms with Crippen molar-refractivity contribution in [3.63, 3.8) is 0 Å². The van der Waals surface area contributed by atoms with Crippen molar-refractivity contribution in [2.24, 2.45) is 17.8 Å². The quantitative estimate of drug-likeness (QED) is 0.101. The largest absolute Gasteiger partial charge is 0.444 e. The van der Waals surface area contributed by atoms with Gasteiger partial charge >= 0.3 is 12.2 Å². The number of pyridine rings is 3. The van der Waals surface area contributed by atoms with E-state index in [0.717, 1.165) is 112 Å². The number of nitrogens with one attached hydrogen (secondary N) is 1. The molecule has 3 aromatic carbocycles. The first-order valence-corrected chi connectivity index (χ1v) is 30.7. The van der Waals surface area contributed by atoms with Crippen molar-refractivity contribution in [2.45, 2.75) is 128 Å². The van der Waals surface area contributed by atoms with Gasteiger partial charge in [-0.2, -0.15) is 0 Å². The highest BCUT2D eigenvalue weighted by atomic mass is 35.5. The molecule has 0 aliphatic carbocycles. The summed E-state index contributed by atoms with van der Waals surface area (Å²) in [7, 11) is 5.23. The highest BCUT2D eigenvalue weighted by Gasteiger charge is 2.31. The smallest absolute Gasteiger partial charge is 0.410 e. The summed E-state index contributed by atoms with van der Waals surface area (Å²) < 4.78 is 50.3. The van der Waals surface area contributed by atoms with Crippen LogP contribution in [0.2, 0.25) is 0 Å². The first-order chi connectivity index (χ1) is 41.2. The summed E-state index contributed by atoms with van der Waals surface area (Å²) in [4.78, 5) is 45.6. The van der Waals surface area contributed by atoms with Gasteiger partial charge in [-0.05, 0) is 214 Å². The molecule has 3 atom stereocenters. The number of rotatable bonds is 14. The van der Waals surface area contributed by atoms with Crippen molar-refractivity contribution in [2.75, 3.05) is 73.6 Å². The fourth-order valence-electron chi connectivity index (χ4n) is 10.8. The van der Waals surface area contributed by atoms with Crippen LogP contribution >= 0.6 is 11.6 Å². The Labute approximate surface area is 515 Å². The van der Waals surface area contributed by atoms with E-state index < -0.39 is 5.60 Å². The Kier molecular flexibility index (Phi) is 29.5. The number of aliphatic hydroxyl groups is 1. The number of benzene rings is 3. The number of likely N-dealkylation sites (tertiary alicyclic amines) is 2. The zero-order valence-corrected chi connectivity index (χ0v) is 53.1. The molecule has 86 heavy (non-hydrogen) atoms. The number of carbonyl (C=O) groups excluding carboxylic acids is 2. The lowest BCUT2D eigenvalue weighted by atomic mass is 9.93. The highest BCUT2D eigenvalue weighted by molar-refractivity contribution is 6.22. The summed E-state index contributed by atoms with van der Waals surface area (Å²) in [5.74, 6) is 1.28. The number of nitrogens with zero attached hydrogens (tertiary/aromatic N) is 7. The Morgan fingerprint density at radius 2 is 0.884 bits per heavy atom. The summed E-state index contributed by atoms with van der Waals surface area (Å²) >= 11 is 6.20. The van der Waals surface area contributed by atoms with Crippen LogP contribution in [0.1, 0.15) is 151 Å². The van der Waals surface area contributed by atoms with Crippen LogP contribution in [-0.2, 0) is 9.47 Å².